The van der Waals surface area contributed by atoms with Gasteiger partial charge in [0.1, 0.15) is 0 Å². The molecule has 1 amide bonds. The Bertz CT molecular complexity index is 695. The first-order chi connectivity index (χ1) is 10.4. The second kappa shape index (κ2) is 6.54. The summed E-state index contributed by atoms with van der Waals surface area (Å²) in [5, 5.41) is 0. The molecular formula is C18H19NO3. The van der Waals surface area contributed by atoms with Crippen molar-refractivity contribution in [3.63, 3.8) is 0 Å². The Morgan fingerprint density at radius 1 is 0.909 bits per heavy atom. The van der Waals surface area contributed by atoms with Crippen LogP contribution in [0.15, 0.2) is 36.4 Å². The van der Waals surface area contributed by atoms with Crippen LogP contribution < -0.4 is 5.48 Å². The van der Waals surface area contributed by atoms with Crippen molar-refractivity contribution in [1.29, 1.82) is 0 Å². The van der Waals surface area contributed by atoms with Crippen molar-refractivity contribution in [3.8, 4) is 0 Å². The summed E-state index contributed by atoms with van der Waals surface area (Å²) < 4.78 is 0. The fourth-order valence-electron chi connectivity index (χ4n) is 2.61. The lowest BCUT2D eigenvalue weighted by Gasteiger charge is -2.11. The number of hydroxylamine groups is 1. The van der Waals surface area contributed by atoms with Crippen molar-refractivity contribution in [2.45, 2.75) is 20.8 Å². The first-order valence-electron chi connectivity index (χ1n) is 7.00. The van der Waals surface area contributed by atoms with Gasteiger partial charge in [-0.05, 0) is 44.0 Å². The summed E-state index contributed by atoms with van der Waals surface area (Å²) in [5.41, 5.74) is 7.03. The molecule has 0 spiro atoms. The molecule has 0 aliphatic rings. The molecule has 0 atom stereocenters. The van der Waals surface area contributed by atoms with E-state index in [1.807, 2.05) is 32.9 Å². The Kier molecular flexibility index (Phi) is 4.73. The molecule has 0 radical (unpaired) electrons. The van der Waals surface area contributed by atoms with Crippen LogP contribution in [0.1, 0.15) is 43.0 Å². The van der Waals surface area contributed by atoms with Gasteiger partial charge in [0, 0.05) is 16.7 Å². The van der Waals surface area contributed by atoms with Gasteiger partial charge >= 0.3 is 0 Å². The van der Waals surface area contributed by atoms with E-state index in [4.69, 9.17) is 0 Å². The highest BCUT2D eigenvalue weighted by Crippen LogP contribution is 2.20. The Labute approximate surface area is 130 Å². The fraction of sp³-hybridized carbons (Fsp3) is 0.222. The molecule has 0 aliphatic carbocycles. The third kappa shape index (κ3) is 3.23. The Hall–Kier alpha value is -2.46. The summed E-state index contributed by atoms with van der Waals surface area (Å²) in [6.07, 6.45) is 0. The zero-order valence-corrected chi connectivity index (χ0v) is 13.2. The van der Waals surface area contributed by atoms with Crippen LogP contribution in [0, 0.1) is 20.8 Å². The molecule has 2 rings (SSSR count). The van der Waals surface area contributed by atoms with E-state index in [-0.39, 0.29) is 11.7 Å². The zero-order valence-electron chi connectivity index (χ0n) is 13.2. The molecular weight excluding hydrogens is 278 g/mol. The maximum atomic E-state index is 12.7. The lowest BCUT2D eigenvalue weighted by atomic mass is 9.93. The van der Waals surface area contributed by atoms with Gasteiger partial charge in [-0.15, -0.1) is 0 Å². The fourth-order valence-corrected chi connectivity index (χ4v) is 2.61. The third-order valence-corrected chi connectivity index (χ3v) is 3.51. The van der Waals surface area contributed by atoms with Gasteiger partial charge < -0.3 is 0 Å². The molecule has 0 bridgehead atoms. The number of ketones is 1. The van der Waals surface area contributed by atoms with Crippen LogP contribution in [0.5, 0.6) is 0 Å². The van der Waals surface area contributed by atoms with E-state index >= 15 is 0 Å². The molecule has 2 aromatic carbocycles. The van der Waals surface area contributed by atoms with Crippen molar-refractivity contribution in [2.75, 3.05) is 7.11 Å². The van der Waals surface area contributed by atoms with Gasteiger partial charge in [-0.25, -0.2) is 5.48 Å². The number of hydrogen-bond acceptors (Lipinski definition) is 3. The van der Waals surface area contributed by atoms with E-state index < -0.39 is 0 Å². The molecule has 22 heavy (non-hydrogen) atoms. The Morgan fingerprint density at radius 2 is 1.41 bits per heavy atom. The maximum absolute atomic E-state index is 12.7. The number of hydrogen-bond donors (Lipinski definition) is 1. The van der Waals surface area contributed by atoms with Crippen molar-refractivity contribution in [3.05, 3.63) is 69.8 Å². The number of carbonyl (C=O) groups is 2. The molecule has 1 N–H and O–H groups in total. The van der Waals surface area contributed by atoms with Crippen LogP contribution in [0.25, 0.3) is 0 Å². The topological polar surface area (TPSA) is 55.4 Å². The van der Waals surface area contributed by atoms with Gasteiger partial charge in [0.25, 0.3) is 5.91 Å². The average molecular weight is 297 g/mol. The standard InChI is InChI=1S/C18H19NO3/c1-11-9-12(2)16(13(3)10-11)17(20)14-5-7-15(8-6-14)18(21)19-22-4/h5-10H,1-4H3,(H,19,21). The van der Waals surface area contributed by atoms with Crippen LogP contribution in [0.4, 0.5) is 0 Å². The Balaban J connectivity index is 2.33. The summed E-state index contributed by atoms with van der Waals surface area (Å²) in [6.45, 7) is 5.89. The van der Waals surface area contributed by atoms with E-state index in [0.29, 0.717) is 11.1 Å². The third-order valence-electron chi connectivity index (χ3n) is 3.51. The predicted octanol–water partition coefficient (Wildman–Crippen LogP) is 3.13. The molecule has 4 heteroatoms. The van der Waals surface area contributed by atoms with Crippen LogP contribution in [0.3, 0.4) is 0 Å². The van der Waals surface area contributed by atoms with E-state index in [1.165, 1.54) is 7.11 Å². The summed E-state index contributed by atoms with van der Waals surface area (Å²) in [7, 11) is 1.37. The molecule has 0 fully saturated rings. The maximum Gasteiger partial charge on any atom is 0.274 e. The summed E-state index contributed by atoms with van der Waals surface area (Å²) in [4.78, 5) is 28.9. The molecule has 2 aromatic rings. The molecule has 0 heterocycles. The number of benzene rings is 2. The SMILES string of the molecule is CONC(=O)c1ccc(C(=O)c2c(C)cc(C)cc2C)cc1. The number of nitrogens with one attached hydrogen (secondary N) is 1. The van der Waals surface area contributed by atoms with E-state index in [1.54, 1.807) is 24.3 Å². The largest absolute Gasteiger partial charge is 0.289 e. The average Bonchev–Trinajstić information content (AvgIpc) is 2.46. The number of carbonyl (C=O) groups excluding carboxylic acids is 2. The first-order valence-corrected chi connectivity index (χ1v) is 7.00. The highest BCUT2D eigenvalue weighted by Gasteiger charge is 2.15. The number of amides is 1. The number of rotatable bonds is 4. The quantitative estimate of drug-likeness (QED) is 0.697. The predicted molar refractivity (Wildman–Crippen MR) is 85.0 cm³/mol. The van der Waals surface area contributed by atoms with Crippen LogP contribution in [0.2, 0.25) is 0 Å². The van der Waals surface area contributed by atoms with Crippen molar-refractivity contribution in [1.82, 2.24) is 5.48 Å². The molecule has 0 saturated heterocycles. The van der Waals surface area contributed by atoms with Gasteiger partial charge in [-0.2, -0.15) is 0 Å². The van der Waals surface area contributed by atoms with E-state index in [2.05, 4.69) is 10.3 Å². The molecule has 0 aromatic heterocycles. The highest BCUT2D eigenvalue weighted by atomic mass is 16.6. The van der Waals surface area contributed by atoms with Gasteiger partial charge in [0.2, 0.25) is 0 Å². The minimum Gasteiger partial charge on any atom is -0.289 e. The first kappa shape index (κ1) is 15.9. The second-order valence-corrected chi connectivity index (χ2v) is 5.32. The van der Waals surface area contributed by atoms with Crippen molar-refractivity contribution >= 4 is 11.7 Å². The summed E-state index contributed by atoms with van der Waals surface area (Å²) in [6, 6.07) is 10.5. The molecule has 4 nitrogen and oxygen atoms in total. The molecule has 114 valence electrons. The zero-order chi connectivity index (χ0) is 16.3. The minimum atomic E-state index is -0.343. The van der Waals surface area contributed by atoms with Crippen molar-refractivity contribution in [2.24, 2.45) is 0 Å². The monoisotopic (exact) mass is 297 g/mol. The van der Waals surface area contributed by atoms with E-state index in [0.717, 1.165) is 22.3 Å². The van der Waals surface area contributed by atoms with Crippen LogP contribution in [-0.4, -0.2) is 18.8 Å². The molecule has 0 unspecified atom stereocenters. The minimum absolute atomic E-state index is 0.0336. The Morgan fingerprint density at radius 3 is 1.91 bits per heavy atom. The van der Waals surface area contributed by atoms with Gasteiger partial charge in [0.15, 0.2) is 5.78 Å². The lowest BCUT2D eigenvalue weighted by Crippen LogP contribution is -2.21. The van der Waals surface area contributed by atoms with Crippen LogP contribution >= 0.6 is 0 Å². The smallest absolute Gasteiger partial charge is 0.274 e. The van der Waals surface area contributed by atoms with Crippen LogP contribution in [-0.2, 0) is 4.84 Å². The van der Waals surface area contributed by atoms with E-state index in [9.17, 15) is 9.59 Å². The molecule has 0 saturated carbocycles. The highest BCUT2D eigenvalue weighted by molar-refractivity contribution is 6.11. The van der Waals surface area contributed by atoms with Crippen molar-refractivity contribution < 1.29 is 14.4 Å². The second-order valence-electron chi connectivity index (χ2n) is 5.32. The summed E-state index contributed by atoms with van der Waals surface area (Å²) >= 11 is 0. The summed E-state index contributed by atoms with van der Waals surface area (Å²) in [5.74, 6) is -0.377. The number of aryl methyl sites for hydroxylation is 3. The normalized spacial score (nSPS) is 10.4. The molecule has 0 aliphatic heterocycles. The van der Waals surface area contributed by atoms with Gasteiger partial charge in [-0.3, -0.25) is 14.4 Å². The van der Waals surface area contributed by atoms with Gasteiger partial charge in [-0.1, -0.05) is 29.8 Å². The lowest BCUT2D eigenvalue weighted by molar-refractivity contribution is 0.0537. The van der Waals surface area contributed by atoms with Gasteiger partial charge in [0.05, 0.1) is 7.11 Å².